The highest BCUT2D eigenvalue weighted by molar-refractivity contribution is 7.92. The Morgan fingerprint density at radius 2 is 2.00 bits per heavy atom. The first kappa shape index (κ1) is 12.7. The molecule has 1 heterocycles. The van der Waals surface area contributed by atoms with Crippen LogP contribution in [0, 0.1) is 13.8 Å². The lowest BCUT2D eigenvalue weighted by Crippen LogP contribution is -2.32. The van der Waals surface area contributed by atoms with Gasteiger partial charge in [0, 0.05) is 6.26 Å². The minimum absolute atomic E-state index is 0.542. The van der Waals surface area contributed by atoms with Crippen LogP contribution in [-0.4, -0.2) is 36.0 Å². The van der Waals surface area contributed by atoms with Crippen LogP contribution in [0.5, 0.6) is 0 Å². The molecule has 6 nitrogen and oxygen atoms in total. The van der Waals surface area contributed by atoms with Crippen LogP contribution in [0.3, 0.4) is 0 Å². The maximum atomic E-state index is 11.6. The molecule has 0 aliphatic rings. The van der Waals surface area contributed by atoms with E-state index in [1.165, 1.54) is 6.92 Å². The van der Waals surface area contributed by atoms with Crippen molar-refractivity contribution in [3.05, 3.63) is 11.4 Å². The molecule has 1 aromatic rings. The molecule has 16 heavy (non-hydrogen) atoms. The van der Waals surface area contributed by atoms with Crippen molar-refractivity contribution in [2.75, 3.05) is 11.6 Å². The third-order valence-corrected chi connectivity index (χ3v) is 3.89. The smallest absolute Gasteiger partial charge is 0.242 e. The third-order valence-electron chi connectivity index (χ3n) is 2.39. The molecule has 0 aliphatic heterocycles. The maximum absolute atomic E-state index is 11.6. The summed E-state index contributed by atoms with van der Waals surface area (Å²) in [5, 5.41) is 8.09. The van der Waals surface area contributed by atoms with Crippen LogP contribution in [0.4, 0.5) is 5.69 Å². The van der Waals surface area contributed by atoms with Crippen molar-refractivity contribution in [3.8, 4) is 0 Å². The van der Waals surface area contributed by atoms with Crippen LogP contribution in [0.15, 0.2) is 0 Å². The van der Waals surface area contributed by atoms with Gasteiger partial charge in [-0.1, -0.05) is 0 Å². The van der Waals surface area contributed by atoms with Crippen molar-refractivity contribution in [2.24, 2.45) is 0 Å². The van der Waals surface area contributed by atoms with E-state index in [0.717, 1.165) is 6.26 Å². The van der Waals surface area contributed by atoms with Gasteiger partial charge in [-0.2, -0.15) is 5.10 Å². The number of aromatic nitrogens is 2. The van der Waals surface area contributed by atoms with Gasteiger partial charge in [0.1, 0.15) is 5.25 Å². The Balaban J connectivity index is 2.88. The molecule has 0 aliphatic carbocycles. The van der Waals surface area contributed by atoms with Gasteiger partial charge >= 0.3 is 0 Å². The van der Waals surface area contributed by atoms with Crippen LogP contribution in [-0.2, 0) is 14.6 Å². The van der Waals surface area contributed by atoms with Crippen molar-refractivity contribution in [2.45, 2.75) is 26.0 Å². The second-order valence-electron chi connectivity index (χ2n) is 3.77. The highest BCUT2D eigenvalue weighted by Gasteiger charge is 2.24. The van der Waals surface area contributed by atoms with E-state index >= 15 is 0 Å². The van der Waals surface area contributed by atoms with Gasteiger partial charge in [-0.15, -0.1) is 0 Å². The molecular weight excluding hydrogens is 230 g/mol. The van der Waals surface area contributed by atoms with Gasteiger partial charge in [0.2, 0.25) is 5.91 Å². The fourth-order valence-corrected chi connectivity index (χ4v) is 1.60. The van der Waals surface area contributed by atoms with Crippen molar-refractivity contribution >= 4 is 21.4 Å². The summed E-state index contributed by atoms with van der Waals surface area (Å²) >= 11 is 0. The van der Waals surface area contributed by atoms with Crippen LogP contribution in [0.1, 0.15) is 18.3 Å². The lowest BCUT2D eigenvalue weighted by Gasteiger charge is -2.10. The topological polar surface area (TPSA) is 91.9 Å². The SMILES string of the molecule is Cc1n[nH]c(C)c1NC(=O)C(C)S(C)(=O)=O. The van der Waals surface area contributed by atoms with Crippen LogP contribution < -0.4 is 5.32 Å². The van der Waals surface area contributed by atoms with Crippen LogP contribution in [0.25, 0.3) is 0 Å². The highest BCUT2D eigenvalue weighted by atomic mass is 32.2. The molecule has 0 saturated heterocycles. The Morgan fingerprint density at radius 3 is 2.38 bits per heavy atom. The number of carbonyl (C=O) groups is 1. The quantitative estimate of drug-likeness (QED) is 0.806. The zero-order valence-electron chi connectivity index (χ0n) is 9.66. The highest BCUT2D eigenvalue weighted by Crippen LogP contribution is 2.16. The molecule has 0 bridgehead atoms. The molecule has 90 valence electrons. The average Bonchev–Trinajstić information content (AvgIpc) is 2.46. The molecule has 0 aromatic carbocycles. The Morgan fingerprint density at radius 1 is 1.44 bits per heavy atom. The number of aryl methyl sites for hydroxylation is 2. The van der Waals surface area contributed by atoms with Gasteiger partial charge in [-0.3, -0.25) is 9.89 Å². The molecule has 0 fully saturated rings. The molecule has 0 spiro atoms. The van der Waals surface area contributed by atoms with E-state index in [-0.39, 0.29) is 0 Å². The van der Waals surface area contributed by atoms with Crippen molar-refractivity contribution in [1.29, 1.82) is 0 Å². The summed E-state index contributed by atoms with van der Waals surface area (Å²) in [6.45, 7) is 4.83. The number of carbonyl (C=O) groups excluding carboxylic acids is 1. The fraction of sp³-hybridized carbons (Fsp3) is 0.556. The van der Waals surface area contributed by atoms with E-state index in [1.54, 1.807) is 13.8 Å². The van der Waals surface area contributed by atoms with Gasteiger partial charge in [0.05, 0.1) is 17.1 Å². The molecule has 0 saturated carbocycles. The summed E-state index contributed by atoms with van der Waals surface area (Å²) < 4.78 is 22.4. The predicted octanol–water partition coefficient (Wildman–Crippen LogP) is 0.398. The summed E-state index contributed by atoms with van der Waals surface area (Å²) in [5.74, 6) is -0.546. The zero-order valence-corrected chi connectivity index (χ0v) is 10.5. The second kappa shape index (κ2) is 4.25. The maximum Gasteiger partial charge on any atom is 0.242 e. The fourth-order valence-electron chi connectivity index (χ4n) is 1.15. The summed E-state index contributed by atoms with van der Waals surface area (Å²) in [4.78, 5) is 11.6. The number of anilines is 1. The first-order valence-electron chi connectivity index (χ1n) is 4.74. The average molecular weight is 245 g/mol. The van der Waals surface area contributed by atoms with Gasteiger partial charge in [-0.25, -0.2) is 8.42 Å². The number of aromatic amines is 1. The molecule has 1 aromatic heterocycles. The third kappa shape index (κ3) is 2.60. The molecule has 0 radical (unpaired) electrons. The lowest BCUT2D eigenvalue weighted by atomic mass is 10.3. The van der Waals surface area contributed by atoms with Gasteiger partial charge in [-0.05, 0) is 20.8 Å². The number of rotatable bonds is 3. The van der Waals surface area contributed by atoms with E-state index in [1.807, 2.05) is 0 Å². The monoisotopic (exact) mass is 245 g/mol. The van der Waals surface area contributed by atoms with E-state index in [9.17, 15) is 13.2 Å². The molecule has 1 unspecified atom stereocenters. The number of amides is 1. The molecular formula is C9H15N3O3S. The van der Waals surface area contributed by atoms with Crippen molar-refractivity contribution in [1.82, 2.24) is 10.2 Å². The number of hydrogen-bond donors (Lipinski definition) is 2. The summed E-state index contributed by atoms with van der Waals surface area (Å²) in [6, 6.07) is 0. The molecule has 1 atom stereocenters. The second-order valence-corrected chi connectivity index (χ2v) is 6.14. The molecule has 2 N–H and O–H groups in total. The van der Waals surface area contributed by atoms with Crippen molar-refractivity contribution < 1.29 is 13.2 Å². The Hall–Kier alpha value is -1.37. The lowest BCUT2D eigenvalue weighted by molar-refractivity contribution is -0.115. The Bertz CT molecular complexity index is 485. The first-order valence-corrected chi connectivity index (χ1v) is 6.70. The standard InChI is InChI=1S/C9H15N3O3S/c1-5-8(6(2)12-11-5)10-9(13)7(3)16(4,14)15/h7H,1-4H3,(H,10,13)(H,11,12). The van der Waals surface area contributed by atoms with E-state index in [0.29, 0.717) is 17.1 Å². The summed E-state index contributed by atoms with van der Waals surface area (Å²) in [5.41, 5.74) is 1.87. The largest absolute Gasteiger partial charge is 0.322 e. The number of H-pyrrole nitrogens is 1. The van der Waals surface area contributed by atoms with E-state index in [4.69, 9.17) is 0 Å². The number of nitrogens with one attached hydrogen (secondary N) is 2. The molecule has 1 amide bonds. The summed E-state index contributed by atoms with van der Waals surface area (Å²) in [6.07, 6.45) is 1.03. The minimum atomic E-state index is -3.37. The molecule has 1 rings (SSSR count). The normalized spacial score (nSPS) is 13.5. The Labute approximate surface area is 94.4 Å². The zero-order chi connectivity index (χ0) is 12.5. The minimum Gasteiger partial charge on any atom is -0.322 e. The van der Waals surface area contributed by atoms with Crippen molar-refractivity contribution in [3.63, 3.8) is 0 Å². The van der Waals surface area contributed by atoms with E-state index in [2.05, 4.69) is 15.5 Å². The van der Waals surface area contributed by atoms with Gasteiger partial charge in [0.25, 0.3) is 0 Å². The van der Waals surface area contributed by atoms with E-state index < -0.39 is 21.0 Å². The number of sulfone groups is 1. The molecule has 7 heteroatoms. The van der Waals surface area contributed by atoms with Crippen LogP contribution >= 0.6 is 0 Å². The summed E-state index contributed by atoms with van der Waals surface area (Å²) in [7, 11) is -3.37. The van der Waals surface area contributed by atoms with Crippen LogP contribution in [0.2, 0.25) is 0 Å². The number of hydrogen-bond acceptors (Lipinski definition) is 4. The van der Waals surface area contributed by atoms with Gasteiger partial charge < -0.3 is 5.32 Å². The van der Waals surface area contributed by atoms with Gasteiger partial charge in [0.15, 0.2) is 9.84 Å². The first-order chi connectivity index (χ1) is 7.23. The number of nitrogens with zero attached hydrogens (tertiary/aromatic N) is 1. The predicted molar refractivity (Wildman–Crippen MR) is 61.0 cm³/mol. The Kier molecular flexibility index (Phi) is 3.37.